The maximum atomic E-state index is 13.9. The average molecular weight is 536 g/mol. The number of aromatic nitrogens is 2. The first-order valence-corrected chi connectivity index (χ1v) is 13.8. The van der Waals surface area contributed by atoms with Crippen LogP contribution in [0.2, 0.25) is 0 Å². The van der Waals surface area contributed by atoms with Crippen LogP contribution < -0.4 is 15.6 Å². The topological polar surface area (TPSA) is 73.2 Å². The van der Waals surface area contributed by atoms with Gasteiger partial charge in [0.05, 0.1) is 28.9 Å². The molecular weight excluding hydrogens is 506 g/mol. The molecule has 0 saturated carbocycles. The van der Waals surface area contributed by atoms with Gasteiger partial charge in [0.25, 0.3) is 5.56 Å². The van der Waals surface area contributed by atoms with Gasteiger partial charge in [-0.05, 0) is 60.9 Å². The number of carbonyl (C=O) groups excluding carboxylic acids is 1. The number of thioether (sulfide) groups is 1. The van der Waals surface area contributed by atoms with Crippen LogP contribution in [0.5, 0.6) is 5.75 Å². The quantitative estimate of drug-likeness (QED) is 0.166. The molecule has 4 aromatic carbocycles. The Morgan fingerprint density at radius 1 is 0.897 bits per heavy atom. The van der Waals surface area contributed by atoms with Crippen LogP contribution in [0, 0.1) is 0 Å². The third-order valence-corrected chi connectivity index (χ3v) is 7.56. The highest BCUT2D eigenvalue weighted by Gasteiger charge is 2.26. The summed E-state index contributed by atoms with van der Waals surface area (Å²) in [6.07, 6.45) is 0.895. The monoisotopic (exact) mass is 535 g/mol. The minimum absolute atomic E-state index is 0.179. The predicted molar refractivity (Wildman–Crippen MR) is 158 cm³/mol. The van der Waals surface area contributed by atoms with E-state index in [0.717, 1.165) is 12.0 Å². The van der Waals surface area contributed by atoms with Gasteiger partial charge >= 0.3 is 0 Å². The van der Waals surface area contributed by atoms with Gasteiger partial charge in [-0.25, -0.2) is 4.98 Å². The number of ether oxygens (including phenoxy) is 1. The van der Waals surface area contributed by atoms with Crippen LogP contribution in [0.1, 0.15) is 30.2 Å². The Morgan fingerprint density at radius 3 is 2.33 bits per heavy atom. The van der Waals surface area contributed by atoms with E-state index in [4.69, 9.17) is 9.72 Å². The van der Waals surface area contributed by atoms with Crippen molar-refractivity contribution in [2.24, 2.45) is 0 Å². The summed E-state index contributed by atoms with van der Waals surface area (Å²) < 4.78 is 7.32. The largest absolute Gasteiger partial charge is 0.492 e. The Kier molecular flexibility index (Phi) is 8.08. The zero-order valence-electron chi connectivity index (χ0n) is 21.8. The number of rotatable bonds is 9. The number of para-hydroxylation sites is 3. The van der Waals surface area contributed by atoms with E-state index in [1.54, 1.807) is 10.6 Å². The Balaban J connectivity index is 1.61. The highest BCUT2D eigenvalue weighted by atomic mass is 32.2. The zero-order chi connectivity index (χ0) is 27.2. The van der Waals surface area contributed by atoms with E-state index in [2.05, 4.69) is 12.2 Å². The summed E-state index contributed by atoms with van der Waals surface area (Å²) in [6, 6.07) is 32.0. The first kappa shape index (κ1) is 26.3. The van der Waals surface area contributed by atoms with E-state index in [0.29, 0.717) is 39.8 Å². The molecule has 0 aliphatic rings. The first-order chi connectivity index (χ1) is 19.1. The summed E-state index contributed by atoms with van der Waals surface area (Å²) in [5.41, 5.74) is 3.66. The molecule has 0 saturated heterocycles. The van der Waals surface area contributed by atoms with Gasteiger partial charge in [0, 0.05) is 0 Å². The van der Waals surface area contributed by atoms with Crippen LogP contribution in [-0.4, -0.2) is 22.1 Å². The van der Waals surface area contributed by atoms with E-state index < -0.39 is 5.25 Å². The summed E-state index contributed by atoms with van der Waals surface area (Å²) >= 11 is 1.25. The number of carbonyl (C=O) groups is 1. The summed E-state index contributed by atoms with van der Waals surface area (Å²) in [7, 11) is 0. The van der Waals surface area contributed by atoms with Crippen LogP contribution >= 0.6 is 11.8 Å². The lowest BCUT2D eigenvalue weighted by atomic mass is 10.1. The van der Waals surface area contributed by atoms with Crippen molar-refractivity contribution in [2.75, 3.05) is 11.9 Å². The van der Waals surface area contributed by atoms with Crippen molar-refractivity contribution in [3.05, 3.63) is 125 Å². The zero-order valence-corrected chi connectivity index (χ0v) is 22.7. The molecule has 1 aromatic heterocycles. The second kappa shape index (κ2) is 12.0. The third-order valence-electron chi connectivity index (χ3n) is 6.36. The van der Waals surface area contributed by atoms with E-state index in [9.17, 15) is 9.59 Å². The standard InChI is InChI=1S/C32H29N3O3S/c1-3-22-18-20-24(21-19-22)35-31(37)25-14-8-9-15-26(25)34-32(35)39-29(23-12-6-5-7-13-23)30(36)33-27-16-10-11-17-28(27)38-4-2/h5-21,29H,3-4H2,1-2H3,(H,33,36). The molecule has 1 amide bonds. The minimum atomic E-state index is -0.685. The van der Waals surface area contributed by atoms with Crippen molar-refractivity contribution < 1.29 is 9.53 Å². The third kappa shape index (κ3) is 5.73. The molecule has 39 heavy (non-hydrogen) atoms. The Hall–Kier alpha value is -4.36. The van der Waals surface area contributed by atoms with E-state index in [1.165, 1.54) is 17.3 Å². The van der Waals surface area contributed by atoms with Crippen LogP contribution in [0.25, 0.3) is 16.6 Å². The molecule has 0 bridgehead atoms. The van der Waals surface area contributed by atoms with Crippen molar-refractivity contribution in [3.8, 4) is 11.4 Å². The molecule has 0 aliphatic heterocycles. The molecule has 0 fully saturated rings. The SMILES string of the molecule is CCOc1ccccc1NC(=O)C(Sc1nc2ccccc2c(=O)n1-c1ccc(CC)cc1)c1ccccc1. The number of benzene rings is 4. The summed E-state index contributed by atoms with van der Waals surface area (Å²) in [4.78, 5) is 32.5. The molecule has 5 aromatic rings. The fourth-order valence-electron chi connectivity index (χ4n) is 4.36. The minimum Gasteiger partial charge on any atom is -0.492 e. The molecule has 5 rings (SSSR count). The molecule has 1 heterocycles. The van der Waals surface area contributed by atoms with Gasteiger partial charge in [-0.15, -0.1) is 0 Å². The summed E-state index contributed by atoms with van der Waals surface area (Å²) in [6.45, 7) is 4.47. The lowest BCUT2D eigenvalue weighted by molar-refractivity contribution is -0.115. The molecule has 196 valence electrons. The number of fused-ring (bicyclic) bond motifs is 1. The van der Waals surface area contributed by atoms with Gasteiger partial charge in [0.2, 0.25) is 5.91 Å². The molecule has 0 aliphatic carbocycles. The molecule has 0 spiro atoms. The maximum Gasteiger partial charge on any atom is 0.266 e. The average Bonchev–Trinajstić information content (AvgIpc) is 2.98. The van der Waals surface area contributed by atoms with Crippen molar-refractivity contribution in [1.29, 1.82) is 0 Å². The number of nitrogens with zero attached hydrogens (tertiary/aromatic N) is 2. The van der Waals surface area contributed by atoms with Crippen LogP contribution in [0.4, 0.5) is 5.69 Å². The molecule has 0 radical (unpaired) electrons. The van der Waals surface area contributed by atoms with Crippen LogP contribution in [0.3, 0.4) is 0 Å². The molecule has 7 heteroatoms. The van der Waals surface area contributed by atoms with Crippen molar-refractivity contribution in [1.82, 2.24) is 9.55 Å². The highest BCUT2D eigenvalue weighted by Crippen LogP contribution is 2.37. The normalized spacial score (nSPS) is 11.7. The molecule has 1 N–H and O–H groups in total. The van der Waals surface area contributed by atoms with Gasteiger partial charge in [-0.1, -0.05) is 85.4 Å². The summed E-state index contributed by atoms with van der Waals surface area (Å²) in [5.74, 6) is 0.357. The maximum absolute atomic E-state index is 13.9. The highest BCUT2D eigenvalue weighted by molar-refractivity contribution is 8.00. The number of aryl methyl sites for hydroxylation is 1. The van der Waals surface area contributed by atoms with Gasteiger partial charge in [0.15, 0.2) is 5.16 Å². The van der Waals surface area contributed by atoms with Gasteiger partial charge < -0.3 is 10.1 Å². The lowest BCUT2D eigenvalue weighted by Crippen LogP contribution is -2.24. The first-order valence-electron chi connectivity index (χ1n) is 12.9. The molecule has 1 atom stereocenters. The lowest BCUT2D eigenvalue weighted by Gasteiger charge is -2.20. The van der Waals surface area contributed by atoms with Crippen LogP contribution in [-0.2, 0) is 11.2 Å². The Bertz CT molecular complexity index is 1650. The van der Waals surface area contributed by atoms with Gasteiger partial charge in [-0.3, -0.25) is 14.2 Å². The number of hydrogen-bond donors (Lipinski definition) is 1. The van der Waals surface area contributed by atoms with Crippen molar-refractivity contribution >= 4 is 34.3 Å². The number of anilines is 1. The van der Waals surface area contributed by atoms with Crippen molar-refractivity contribution in [3.63, 3.8) is 0 Å². The second-order valence-electron chi connectivity index (χ2n) is 8.90. The molecule has 6 nitrogen and oxygen atoms in total. The van der Waals surface area contributed by atoms with Gasteiger partial charge in [-0.2, -0.15) is 0 Å². The smallest absolute Gasteiger partial charge is 0.266 e. The van der Waals surface area contributed by atoms with Gasteiger partial charge in [0.1, 0.15) is 11.0 Å². The van der Waals surface area contributed by atoms with Crippen LogP contribution in [0.15, 0.2) is 113 Å². The van der Waals surface area contributed by atoms with Crippen molar-refractivity contribution in [2.45, 2.75) is 30.7 Å². The molecular formula is C32H29N3O3S. The number of hydrogen-bond acceptors (Lipinski definition) is 5. The fourth-order valence-corrected chi connectivity index (χ4v) is 5.47. The summed E-state index contributed by atoms with van der Waals surface area (Å²) in [5, 5.41) is 3.31. The Morgan fingerprint density at radius 2 is 1.59 bits per heavy atom. The number of amides is 1. The van der Waals surface area contributed by atoms with E-state index in [1.807, 2.05) is 104 Å². The molecule has 1 unspecified atom stereocenters. The van der Waals surface area contributed by atoms with E-state index in [-0.39, 0.29) is 11.5 Å². The second-order valence-corrected chi connectivity index (χ2v) is 9.97. The predicted octanol–water partition coefficient (Wildman–Crippen LogP) is 6.82. The number of nitrogens with one attached hydrogen (secondary N) is 1. The fraction of sp³-hybridized carbons (Fsp3) is 0.156. The Labute approximate surface area is 231 Å². The van der Waals surface area contributed by atoms with E-state index >= 15 is 0 Å².